The van der Waals surface area contributed by atoms with Gasteiger partial charge in [-0.05, 0) is 56.5 Å². The Morgan fingerprint density at radius 3 is 2.50 bits per heavy atom. The number of rotatable bonds is 5. The van der Waals surface area contributed by atoms with Gasteiger partial charge in [0, 0.05) is 62.4 Å². The molecule has 1 aromatic carbocycles. The molecule has 1 N–H and O–H groups in total. The van der Waals surface area contributed by atoms with Crippen LogP contribution in [0.4, 0.5) is 10.1 Å². The molecule has 32 heavy (non-hydrogen) atoms. The van der Waals surface area contributed by atoms with Crippen molar-refractivity contribution >= 4 is 11.6 Å². The molecular weight excluding hydrogens is 409 g/mol. The Morgan fingerprint density at radius 2 is 1.88 bits per heavy atom. The molecule has 0 unspecified atom stereocenters. The smallest absolute Gasteiger partial charge is 0.253 e. The molecule has 0 radical (unpaired) electrons. The number of anilines is 1. The highest BCUT2D eigenvalue weighted by Crippen LogP contribution is 2.31. The molecular formula is C25H32FN3O3. The number of aromatic nitrogens is 1. The lowest BCUT2D eigenvalue weighted by Gasteiger charge is -2.41. The van der Waals surface area contributed by atoms with Gasteiger partial charge in [-0.1, -0.05) is 6.07 Å². The summed E-state index contributed by atoms with van der Waals surface area (Å²) in [4.78, 5) is 29.2. The first-order valence-corrected chi connectivity index (χ1v) is 11.2. The number of carbonyl (C=O) groups excluding carboxylic acids is 1. The normalized spacial score (nSPS) is 16.3. The monoisotopic (exact) mass is 441 g/mol. The van der Waals surface area contributed by atoms with Crippen molar-refractivity contribution in [1.29, 1.82) is 0 Å². The van der Waals surface area contributed by atoms with Crippen LogP contribution in [0.3, 0.4) is 0 Å². The average Bonchev–Trinajstić information content (AvgIpc) is 3.13. The molecule has 6 nitrogen and oxygen atoms in total. The number of benzene rings is 1. The molecule has 0 saturated carbocycles. The molecule has 1 saturated heterocycles. The molecule has 0 aliphatic carbocycles. The van der Waals surface area contributed by atoms with Crippen LogP contribution in [0, 0.1) is 25.6 Å². The van der Waals surface area contributed by atoms with E-state index in [-0.39, 0.29) is 29.6 Å². The first-order valence-electron chi connectivity index (χ1n) is 11.2. The van der Waals surface area contributed by atoms with Crippen LogP contribution in [-0.2, 0) is 31.4 Å². The fourth-order valence-electron chi connectivity index (χ4n) is 4.82. The molecule has 172 valence electrons. The van der Waals surface area contributed by atoms with Crippen molar-refractivity contribution in [3.05, 3.63) is 62.3 Å². The zero-order chi connectivity index (χ0) is 23.4. The first-order chi connectivity index (χ1) is 14.9. The Bertz CT molecular complexity index is 1130. The highest BCUT2D eigenvalue weighted by atomic mass is 19.1. The third kappa shape index (κ3) is 4.18. The van der Waals surface area contributed by atoms with Gasteiger partial charge < -0.3 is 19.5 Å². The zero-order valence-electron chi connectivity index (χ0n) is 19.5. The number of hydrogen-bond donors (Lipinski definition) is 1. The van der Waals surface area contributed by atoms with Crippen molar-refractivity contribution in [1.82, 2.24) is 9.47 Å². The van der Waals surface area contributed by atoms with E-state index in [1.165, 1.54) is 6.07 Å². The second-order valence-electron chi connectivity index (χ2n) is 10.0. The van der Waals surface area contributed by atoms with Gasteiger partial charge in [0.15, 0.2) is 0 Å². The van der Waals surface area contributed by atoms with E-state index in [0.717, 1.165) is 28.1 Å². The van der Waals surface area contributed by atoms with E-state index in [4.69, 9.17) is 0 Å². The van der Waals surface area contributed by atoms with E-state index < -0.39 is 5.60 Å². The second-order valence-corrected chi connectivity index (χ2v) is 10.0. The third-order valence-corrected chi connectivity index (χ3v) is 6.88. The van der Waals surface area contributed by atoms with Gasteiger partial charge in [-0.3, -0.25) is 9.59 Å². The summed E-state index contributed by atoms with van der Waals surface area (Å²) in [6, 6.07) is 5.13. The van der Waals surface area contributed by atoms with Crippen LogP contribution in [0.25, 0.3) is 0 Å². The molecule has 0 bridgehead atoms. The maximum atomic E-state index is 14.4. The number of fused-ring (bicyclic) bond motifs is 1. The molecule has 2 aliphatic rings. The molecule has 7 heteroatoms. The summed E-state index contributed by atoms with van der Waals surface area (Å²) in [6.45, 7) is 9.59. The van der Waals surface area contributed by atoms with Gasteiger partial charge in [-0.25, -0.2) is 4.39 Å². The number of carbonyl (C=O) groups is 1. The lowest BCUT2D eigenvalue weighted by atomic mass is 9.93. The highest BCUT2D eigenvalue weighted by Gasteiger charge is 2.34. The molecule has 1 aromatic heterocycles. The standard InChI is InChI=1S/C25H32FN3O3/c1-15-16(2)24(31)27(5)22-14-29(13-20(15)22)23(30)8-17-11-28(12-17)19-7-6-18(21(26)9-19)10-25(3,4)32/h6-7,9,17,32H,8,10-14H2,1-5H3. The minimum absolute atomic E-state index is 0.00554. The van der Waals surface area contributed by atoms with Crippen LogP contribution in [0.5, 0.6) is 0 Å². The predicted molar refractivity (Wildman–Crippen MR) is 122 cm³/mol. The lowest BCUT2D eigenvalue weighted by Crippen LogP contribution is -2.48. The number of pyridine rings is 1. The van der Waals surface area contributed by atoms with E-state index in [9.17, 15) is 19.1 Å². The summed E-state index contributed by atoms with van der Waals surface area (Å²) in [5.41, 5.74) is 4.12. The summed E-state index contributed by atoms with van der Waals surface area (Å²) in [5.74, 6) is 0.0225. The predicted octanol–water partition coefficient (Wildman–Crippen LogP) is 2.82. The van der Waals surface area contributed by atoms with Crippen LogP contribution < -0.4 is 10.5 Å². The van der Waals surface area contributed by atoms with E-state index in [2.05, 4.69) is 4.90 Å². The number of aliphatic hydroxyl groups is 1. The van der Waals surface area contributed by atoms with Crippen LogP contribution in [-0.4, -0.2) is 39.2 Å². The number of hydrogen-bond acceptors (Lipinski definition) is 4. The first kappa shape index (κ1) is 22.5. The minimum Gasteiger partial charge on any atom is -0.390 e. The Morgan fingerprint density at radius 1 is 1.19 bits per heavy atom. The fourth-order valence-corrected chi connectivity index (χ4v) is 4.82. The maximum absolute atomic E-state index is 14.4. The summed E-state index contributed by atoms with van der Waals surface area (Å²) >= 11 is 0. The third-order valence-electron chi connectivity index (χ3n) is 6.88. The van der Waals surface area contributed by atoms with Gasteiger partial charge >= 0.3 is 0 Å². The fraction of sp³-hybridized carbons (Fsp3) is 0.520. The van der Waals surface area contributed by atoms with Crippen molar-refractivity contribution in [2.45, 2.75) is 59.2 Å². The van der Waals surface area contributed by atoms with Gasteiger partial charge in [0.1, 0.15) is 5.82 Å². The van der Waals surface area contributed by atoms with Crippen molar-refractivity contribution in [3.8, 4) is 0 Å². The quantitative estimate of drug-likeness (QED) is 0.775. The molecule has 1 amide bonds. The molecule has 2 aliphatic heterocycles. The van der Waals surface area contributed by atoms with Crippen molar-refractivity contribution < 1.29 is 14.3 Å². The maximum Gasteiger partial charge on any atom is 0.253 e. The lowest BCUT2D eigenvalue weighted by molar-refractivity contribution is -0.133. The molecule has 4 rings (SSSR count). The van der Waals surface area contributed by atoms with Crippen LogP contribution >= 0.6 is 0 Å². The molecule has 0 spiro atoms. The van der Waals surface area contributed by atoms with E-state index >= 15 is 0 Å². The average molecular weight is 442 g/mol. The van der Waals surface area contributed by atoms with E-state index in [0.29, 0.717) is 38.2 Å². The summed E-state index contributed by atoms with van der Waals surface area (Å²) in [7, 11) is 1.78. The molecule has 1 fully saturated rings. The summed E-state index contributed by atoms with van der Waals surface area (Å²) in [5, 5.41) is 9.92. The minimum atomic E-state index is -0.955. The van der Waals surface area contributed by atoms with Crippen molar-refractivity contribution in [2.75, 3.05) is 18.0 Å². The number of nitrogens with zero attached hydrogens (tertiary/aromatic N) is 3. The number of halogens is 1. The molecule has 3 heterocycles. The van der Waals surface area contributed by atoms with Gasteiger partial charge in [0.05, 0.1) is 12.1 Å². The Hall–Kier alpha value is -2.67. The van der Waals surface area contributed by atoms with E-state index in [1.54, 1.807) is 31.5 Å². The SMILES string of the molecule is Cc1c2c(n(C)c(=O)c1C)CN(C(=O)CC1CN(c3ccc(CC(C)(C)O)c(F)c3)C1)C2. The second kappa shape index (κ2) is 8.03. The Labute approximate surface area is 188 Å². The van der Waals surface area contributed by atoms with Crippen molar-refractivity contribution in [2.24, 2.45) is 13.0 Å². The van der Waals surface area contributed by atoms with Gasteiger partial charge in [-0.15, -0.1) is 0 Å². The molecule has 0 atom stereocenters. The molecule has 2 aromatic rings. The van der Waals surface area contributed by atoms with Crippen LogP contribution in [0.2, 0.25) is 0 Å². The topological polar surface area (TPSA) is 65.8 Å². The highest BCUT2D eigenvalue weighted by molar-refractivity contribution is 5.77. The van der Waals surface area contributed by atoms with E-state index in [1.807, 2.05) is 24.8 Å². The van der Waals surface area contributed by atoms with Gasteiger partial charge in [0.2, 0.25) is 5.91 Å². The van der Waals surface area contributed by atoms with Gasteiger partial charge in [0.25, 0.3) is 5.56 Å². The van der Waals surface area contributed by atoms with Gasteiger partial charge in [-0.2, -0.15) is 0 Å². The zero-order valence-corrected chi connectivity index (χ0v) is 19.5. The summed E-state index contributed by atoms with van der Waals surface area (Å²) < 4.78 is 16.1. The Kier molecular flexibility index (Phi) is 5.65. The Balaban J connectivity index is 1.34. The number of amides is 1. The van der Waals surface area contributed by atoms with Crippen LogP contribution in [0.1, 0.15) is 48.2 Å². The van der Waals surface area contributed by atoms with Crippen molar-refractivity contribution in [3.63, 3.8) is 0 Å². The summed E-state index contributed by atoms with van der Waals surface area (Å²) in [6.07, 6.45) is 0.717. The van der Waals surface area contributed by atoms with Crippen LogP contribution in [0.15, 0.2) is 23.0 Å². The largest absolute Gasteiger partial charge is 0.390 e.